The van der Waals surface area contributed by atoms with Crippen molar-refractivity contribution in [3.63, 3.8) is 0 Å². The Bertz CT molecular complexity index is 698. The van der Waals surface area contributed by atoms with Crippen LogP contribution in [0.3, 0.4) is 0 Å². The van der Waals surface area contributed by atoms with Gasteiger partial charge in [-0.1, -0.05) is 12.1 Å². The molecule has 0 unspecified atom stereocenters. The number of hydrogen-bond acceptors (Lipinski definition) is 5. The number of nitrogens with one attached hydrogen (secondary N) is 2. The highest BCUT2D eigenvalue weighted by atomic mass is 32.2. The first-order chi connectivity index (χ1) is 10.5. The van der Waals surface area contributed by atoms with E-state index in [1.54, 1.807) is 32.4 Å². The number of sulfonamides is 1. The van der Waals surface area contributed by atoms with Crippen LogP contribution in [0.5, 0.6) is 5.75 Å². The van der Waals surface area contributed by atoms with Gasteiger partial charge in [-0.25, -0.2) is 13.4 Å². The highest BCUT2D eigenvalue weighted by molar-refractivity contribution is 7.92. The lowest BCUT2D eigenvalue weighted by Gasteiger charge is -2.09. The van der Waals surface area contributed by atoms with Crippen molar-refractivity contribution in [1.29, 1.82) is 0 Å². The van der Waals surface area contributed by atoms with E-state index in [9.17, 15) is 8.42 Å². The van der Waals surface area contributed by atoms with E-state index in [0.29, 0.717) is 12.4 Å². The molecule has 0 aliphatic heterocycles. The number of rotatable bonds is 7. The van der Waals surface area contributed by atoms with E-state index < -0.39 is 10.0 Å². The van der Waals surface area contributed by atoms with Gasteiger partial charge in [0.2, 0.25) is 10.0 Å². The molecule has 118 valence electrons. The fourth-order valence-electron chi connectivity index (χ4n) is 1.74. The van der Waals surface area contributed by atoms with Crippen LogP contribution in [-0.2, 0) is 16.6 Å². The molecule has 7 heteroatoms. The summed E-state index contributed by atoms with van der Waals surface area (Å²) in [6, 6.07) is 11.2. The molecule has 0 fully saturated rings. The van der Waals surface area contributed by atoms with E-state index >= 15 is 0 Å². The van der Waals surface area contributed by atoms with Crippen molar-refractivity contribution in [3.8, 4) is 5.75 Å². The summed E-state index contributed by atoms with van der Waals surface area (Å²) >= 11 is 0. The molecule has 2 aromatic rings. The number of hydrogen-bond donors (Lipinski definition) is 2. The molecule has 0 atom stereocenters. The topological polar surface area (TPSA) is 80.3 Å². The Balaban J connectivity index is 1.93. The van der Waals surface area contributed by atoms with Crippen molar-refractivity contribution in [1.82, 2.24) is 4.98 Å². The first kappa shape index (κ1) is 16.1. The maximum Gasteiger partial charge on any atom is 0.233 e. The zero-order valence-corrected chi connectivity index (χ0v) is 13.4. The maximum absolute atomic E-state index is 11.4. The average molecular weight is 321 g/mol. The predicted octanol–water partition coefficient (Wildman–Crippen LogP) is 2.46. The van der Waals surface area contributed by atoms with E-state index in [1.165, 1.54) is 0 Å². The monoisotopic (exact) mass is 321 g/mol. The molecule has 2 N–H and O–H groups in total. The van der Waals surface area contributed by atoms with Gasteiger partial charge in [-0.3, -0.25) is 4.72 Å². The molecule has 6 nitrogen and oxygen atoms in total. The van der Waals surface area contributed by atoms with Gasteiger partial charge in [-0.05, 0) is 36.8 Å². The molecular weight excluding hydrogens is 302 g/mol. The lowest BCUT2D eigenvalue weighted by molar-refractivity contribution is 0.414. The van der Waals surface area contributed by atoms with E-state index in [1.807, 2.05) is 24.3 Å². The molecule has 0 bridgehead atoms. The highest BCUT2D eigenvalue weighted by Crippen LogP contribution is 2.14. The third-order valence-corrected chi connectivity index (χ3v) is 4.34. The molecule has 0 saturated heterocycles. The predicted molar refractivity (Wildman–Crippen MR) is 87.6 cm³/mol. The second-order valence-electron chi connectivity index (χ2n) is 4.64. The van der Waals surface area contributed by atoms with Crippen LogP contribution < -0.4 is 14.8 Å². The zero-order chi connectivity index (χ0) is 16.0. The Morgan fingerprint density at radius 3 is 2.41 bits per heavy atom. The Labute approximate surface area is 130 Å². The van der Waals surface area contributed by atoms with E-state index in [2.05, 4.69) is 15.0 Å². The van der Waals surface area contributed by atoms with E-state index in [4.69, 9.17) is 4.74 Å². The second-order valence-corrected chi connectivity index (χ2v) is 6.65. The number of anilines is 2. The number of methoxy groups -OCH3 is 1. The lowest BCUT2D eigenvalue weighted by atomic mass is 10.2. The summed E-state index contributed by atoms with van der Waals surface area (Å²) in [5.41, 5.74) is 1.92. The summed E-state index contributed by atoms with van der Waals surface area (Å²) in [7, 11) is -1.66. The third kappa shape index (κ3) is 4.63. The summed E-state index contributed by atoms with van der Waals surface area (Å²) in [6.45, 7) is 2.22. The first-order valence-corrected chi connectivity index (χ1v) is 8.51. The summed E-state index contributed by atoms with van der Waals surface area (Å²) < 4.78 is 30.4. The third-order valence-electron chi connectivity index (χ3n) is 3.06. The molecule has 1 aromatic carbocycles. The van der Waals surface area contributed by atoms with Crippen LogP contribution in [0.15, 0.2) is 42.6 Å². The Hall–Kier alpha value is -2.28. The SMILES string of the molecule is CCS(=O)(=O)Nc1ccc(NCc2ccc(OC)cc2)cn1. The fraction of sp³-hybridized carbons (Fsp3) is 0.267. The van der Waals surface area contributed by atoms with Crippen molar-refractivity contribution in [2.75, 3.05) is 22.9 Å². The Morgan fingerprint density at radius 1 is 1.14 bits per heavy atom. The van der Waals surface area contributed by atoms with Gasteiger partial charge in [0.15, 0.2) is 0 Å². The summed E-state index contributed by atoms with van der Waals surface area (Å²) in [5.74, 6) is 1.15. The largest absolute Gasteiger partial charge is 0.497 e. The minimum Gasteiger partial charge on any atom is -0.497 e. The number of pyridine rings is 1. The van der Waals surface area contributed by atoms with Crippen LogP contribution in [0, 0.1) is 0 Å². The quantitative estimate of drug-likeness (QED) is 0.819. The van der Waals surface area contributed by atoms with Gasteiger partial charge in [-0.2, -0.15) is 0 Å². The summed E-state index contributed by atoms with van der Waals surface area (Å²) in [5, 5.41) is 3.22. The number of nitrogens with zero attached hydrogens (tertiary/aromatic N) is 1. The zero-order valence-electron chi connectivity index (χ0n) is 12.5. The molecule has 1 heterocycles. The number of benzene rings is 1. The molecule has 0 saturated carbocycles. The van der Waals surface area contributed by atoms with E-state index in [-0.39, 0.29) is 5.75 Å². The van der Waals surface area contributed by atoms with Gasteiger partial charge >= 0.3 is 0 Å². The average Bonchev–Trinajstić information content (AvgIpc) is 2.54. The second kappa shape index (κ2) is 7.13. The van der Waals surface area contributed by atoms with Gasteiger partial charge < -0.3 is 10.1 Å². The molecule has 0 amide bonds. The van der Waals surface area contributed by atoms with Crippen molar-refractivity contribution >= 4 is 21.5 Å². The van der Waals surface area contributed by atoms with Crippen molar-refractivity contribution in [2.45, 2.75) is 13.5 Å². The lowest BCUT2D eigenvalue weighted by Crippen LogP contribution is -2.15. The molecule has 0 aliphatic rings. The molecule has 0 radical (unpaired) electrons. The first-order valence-electron chi connectivity index (χ1n) is 6.86. The van der Waals surface area contributed by atoms with Crippen LogP contribution in [0.4, 0.5) is 11.5 Å². The van der Waals surface area contributed by atoms with Crippen LogP contribution in [0.25, 0.3) is 0 Å². The van der Waals surface area contributed by atoms with Crippen molar-refractivity contribution < 1.29 is 13.2 Å². The number of aromatic nitrogens is 1. The molecular formula is C15H19N3O3S. The van der Waals surface area contributed by atoms with Crippen LogP contribution in [-0.4, -0.2) is 26.3 Å². The molecule has 0 spiro atoms. The molecule has 22 heavy (non-hydrogen) atoms. The minimum absolute atomic E-state index is 0.0200. The highest BCUT2D eigenvalue weighted by Gasteiger charge is 2.07. The Morgan fingerprint density at radius 2 is 1.86 bits per heavy atom. The number of ether oxygens (including phenoxy) is 1. The Kier molecular flexibility index (Phi) is 5.21. The van der Waals surface area contributed by atoms with Gasteiger partial charge in [0.05, 0.1) is 24.7 Å². The maximum atomic E-state index is 11.4. The van der Waals surface area contributed by atoms with Gasteiger partial charge in [0, 0.05) is 6.54 Å². The van der Waals surface area contributed by atoms with Gasteiger partial charge in [-0.15, -0.1) is 0 Å². The molecule has 0 aliphatic carbocycles. The molecule has 1 aromatic heterocycles. The van der Waals surface area contributed by atoms with Crippen LogP contribution >= 0.6 is 0 Å². The standard InChI is InChI=1S/C15H19N3O3S/c1-3-22(19,20)18-15-9-6-13(11-17-15)16-10-12-4-7-14(21-2)8-5-12/h4-9,11,16H,3,10H2,1-2H3,(H,17,18). The fourth-order valence-corrected chi connectivity index (χ4v) is 2.32. The summed E-state index contributed by atoms with van der Waals surface area (Å²) in [4.78, 5) is 4.08. The summed E-state index contributed by atoms with van der Waals surface area (Å²) in [6.07, 6.45) is 1.59. The van der Waals surface area contributed by atoms with Crippen LogP contribution in [0.2, 0.25) is 0 Å². The van der Waals surface area contributed by atoms with Gasteiger partial charge in [0.25, 0.3) is 0 Å². The minimum atomic E-state index is -3.29. The van der Waals surface area contributed by atoms with E-state index in [0.717, 1.165) is 17.0 Å². The van der Waals surface area contributed by atoms with Crippen LogP contribution in [0.1, 0.15) is 12.5 Å². The van der Waals surface area contributed by atoms with Gasteiger partial charge in [0.1, 0.15) is 11.6 Å². The van der Waals surface area contributed by atoms with Crippen molar-refractivity contribution in [3.05, 3.63) is 48.2 Å². The smallest absolute Gasteiger partial charge is 0.233 e. The van der Waals surface area contributed by atoms with Crippen molar-refractivity contribution in [2.24, 2.45) is 0 Å². The molecule has 2 rings (SSSR count). The normalized spacial score (nSPS) is 11.0.